The Hall–Kier alpha value is -1.67. The Morgan fingerprint density at radius 2 is 1.89 bits per heavy atom. The lowest BCUT2D eigenvalue weighted by molar-refractivity contribution is 0.397. The minimum Gasteiger partial charge on any atom is -0.314 e. The molecular formula is C17H20N2. The first kappa shape index (κ1) is 12.4. The molecule has 0 spiro atoms. The SMILES string of the molecule is c1ccc(-c2ccc(CC3CCCCN3)nc2)cc1. The van der Waals surface area contributed by atoms with E-state index in [1.165, 1.54) is 36.1 Å². The molecule has 98 valence electrons. The summed E-state index contributed by atoms with van der Waals surface area (Å²) in [4.78, 5) is 4.61. The van der Waals surface area contributed by atoms with Crippen molar-refractivity contribution in [2.45, 2.75) is 31.7 Å². The number of hydrogen-bond acceptors (Lipinski definition) is 2. The summed E-state index contributed by atoms with van der Waals surface area (Å²) >= 11 is 0. The normalized spacial score (nSPS) is 19.3. The molecule has 1 aromatic heterocycles. The van der Waals surface area contributed by atoms with Crippen LogP contribution in [0.25, 0.3) is 11.1 Å². The molecule has 1 fully saturated rings. The zero-order valence-electron chi connectivity index (χ0n) is 11.2. The maximum absolute atomic E-state index is 4.61. The molecule has 2 aromatic rings. The first-order valence-corrected chi connectivity index (χ1v) is 7.15. The third kappa shape index (κ3) is 3.21. The Balaban J connectivity index is 1.68. The molecule has 0 bridgehead atoms. The van der Waals surface area contributed by atoms with Crippen molar-refractivity contribution in [2.75, 3.05) is 6.54 Å². The molecule has 19 heavy (non-hydrogen) atoms. The molecule has 0 amide bonds. The van der Waals surface area contributed by atoms with Gasteiger partial charge in [-0.1, -0.05) is 42.8 Å². The number of aromatic nitrogens is 1. The van der Waals surface area contributed by atoms with Crippen LogP contribution in [0.5, 0.6) is 0 Å². The van der Waals surface area contributed by atoms with Crippen molar-refractivity contribution in [1.29, 1.82) is 0 Å². The van der Waals surface area contributed by atoms with Crippen molar-refractivity contribution >= 4 is 0 Å². The van der Waals surface area contributed by atoms with Crippen LogP contribution in [0.2, 0.25) is 0 Å². The zero-order valence-corrected chi connectivity index (χ0v) is 11.2. The smallest absolute Gasteiger partial charge is 0.0419 e. The second-order valence-corrected chi connectivity index (χ2v) is 5.26. The lowest BCUT2D eigenvalue weighted by atomic mass is 10.00. The average Bonchev–Trinajstić information content (AvgIpc) is 2.50. The molecule has 0 radical (unpaired) electrons. The van der Waals surface area contributed by atoms with E-state index in [2.05, 4.69) is 46.7 Å². The largest absolute Gasteiger partial charge is 0.314 e. The quantitative estimate of drug-likeness (QED) is 0.905. The molecule has 1 aliphatic heterocycles. The summed E-state index contributed by atoms with van der Waals surface area (Å²) in [7, 11) is 0. The van der Waals surface area contributed by atoms with Gasteiger partial charge in [-0.05, 0) is 31.0 Å². The van der Waals surface area contributed by atoms with E-state index < -0.39 is 0 Å². The topological polar surface area (TPSA) is 24.9 Å². The summed E-state index contributed by atoms with van der Waals surface area (Å²) in [5, 5.41) is 3.57. The van der Waals surface area contributed by atoms with Gasteiger partial charge in [-0.25, -0.2) is 0 Å². The van der Waals surface area contributed by atoms with E-state index in [9.17, 15) is 0 Å². The van der Waals surface area contributed by atoms with Crippen molar-refractivity contribution in [3.8, 4) is 11.1 Å². The Morgan fingerprint density at radius 1 is 1.00 bits per heavy atom. The molecule has 1 saturated heterocycles. The molecule has 0 saturated carbocycles. The van der Waals surface area contributed by atoms with Gasteiger partial charge in [-0.2, -0.15) is 0 Å². The molecule has 1 aliphatic rings. The summed E-state index contributed by atoms with van der Waals surface area (Å²) in [6, 6.07) is 15.4. The second-order valence-electron chi connectivity index (χ2n) is 5.26. The fourth-order valence-corrected chi connectivity index (χ4v) is 2.70. The average molecular weight is 252 g/mol. The number of nitrogens with zero attached hydrogens (tertiary/aromatic N) is 1. The Kier molecular flexibility index (Phi) is 3.89. The van der Waals surface area contributed by atoms with Crippen LogP contribution in [0.15, 0.2) is 48.7 Å². The zero-order chi connectivity index (χ0) is 12.9. The summed E-state index contributed by atoms with van der Waals surface area (Å²) in [5.41, 5.74) is 3.62. The van der Waals surface area contributed by atoms with E-state index in [4.69, 9.17) is 0 Å². The fourth-order valence-electron chi connectivity index (χ4n) is 2.70. The van der Waals surface area contributed by atoms with Gasteiger partial charge in [0.05, 0.1) is 0 Å². The number of benzene rings is 1. The van der Waals surface area contributed by atoms with E-state index in [-0.39, 0.29) is 0 Å². The Morgan fingerprint density at radius 3 is 2.58 bits per heavy atom. The van der Waals surface area contributed by atoms with Crippen LogP contribution in [-0.4, -0.2) is 17.6 Å². The van der Waals surface area contributed by atoms with Crippen LogP contribution in [0.1, 0.15) is 25.0 Å². The molecule has 2 heterocycles. The van der Waals surface area contributed by atoms with E-state index >= 15 is 0 Å². The first-order valence-electron chi connectivity index (χ1n) is 7.15. The highest BCUT2D eigenvalue weighted by Gasteiger charge is 2.13. The summed E-state index contributed by atoms with van der Waals surface area (Å²) < 4.78 is 0. The predicted octanol–water partition coefficient (Wildman–Crippen LogP) is 3.43. The lowest BCUT2D eigenvalue weighted by Gasteiger charge is -2.23. The first-order chi connectivity index (χ1) is 9.42. The van der Waals surface area contributed by atoms with Gasteiger partial charge >= 0.3 is 0 Å². The number of piperidine rings is 1. The Labute approximate surface area is 114 Å². The van der Waals surface area contributed by atoms with Crippen LogP contribution in [0.4, 0.5) is 0 Å². The molecule has 1 atom stereocenters. The third-order valence-electron chi connectivity index (χ3n) is 3.80. The number of rotatable bonds is 3. The van der Waals surface area contributed by atoms with Gasteiger partial charge in [-0.15, -0.1) is 0 Å². The van der Waals surface area contributed by atoms with Crippen LogP contribution in [-0.2, 0) is 6.42 Å². The van der Waals surface area contributed by atoms with Gasteiger partial charge in [-0.3, -0.25) is 4.98 Å². The van der Waals surface area contributed by atoms with Crippen molar-refractivity contribution in [3.05, 3.63) is 54.4 Å². The van der Waals surface area contributed by atoms with E-state index in [1.807, 2.05) is 12.3 Å². The van der Waals surface area contributed by atoms with Gasteiger partial charge < -0.3 is 5.32 Å². The van der Waals surface area contributed by atoms with Crippen LogP contribution in [0.3, 0.4) is 0 Å². The van der Waals surface area contributed by atoms with Gasteiger partial charge in [0.1, 0.15) is 0 Å². The van der Waals surface area contributed by atoms with Gasteiger partial charge in [0.2, 0.25) is 0 Å². The van der Waals surface area contributed by atoms with E-state index in [1.54, 1.807) is 0 Å². The molecule has 1 unspecified atom stereocenters. The van der Waals surface area contributed by atoms with Crippen LogP contribution in [0, 0.1) is 0 Å². The summed E-state index contributed by atoms with van der Waals surface area (Å²) in [5.74, 6) is 0. The summed E-state index contributed by atoms with van der Waals surface area (Å²) in [6.07, 6.45) is 6.99. The summed E-state index contributed by atoms with van der Waals surface area (Å²) in [6.45, 7) is 1.16. The van der Waals surface area contributed by atoms with Crippen molar-refractivity contribution in [1.82, 2.24) is 10.3 Å². The van der Waals surface area contributed by atoms with Crippen molar-refractivity contribution < 1.29 is 0 Å². The maximum atomic E-state index is 4.61. The third-order valence-corrected chi connectivity index (χ3v) is 3.80. The highest BCUT2D eigenvalue weighted by atomic mass is 14.9. The van der Waals surface area contributed by atoms with E-state index in [0.29, 0.717) is 6.04 Å². The van der Waals surface area contributed by atoms with Crippen molar-refractivity contribution in [2.24, 2.45) is 0 Å². The molecule has 1 N–H and O–H groups in total. The second kappa shape index (κ2) is 5.98. The van der Waals surface area contributed by atoms with Gasteiger partial charge in [0, 0.05) is 29.9 Å². The van der Waals surface area contributed by atoms with E-state index in [0.717, 1.165) is 13.0 Å². The molecular weight excluding hydrogens is 232 g/mol. The van der Waals surface area contributed by atoms with Crippen LogP contribution >= 0.6 is 0 Å². The minimum atomic E-state index is 0.615. The standard InChI is InChI=1S/C17H20N2/c1-2-6-14(7-3-1)15-9-10-17(19-13-15)12-16-8-4-5-11-18-16/h1-3,6-7,9-10,13,16,18H,4-5,8,11-12H2. The van der Waals surface area contributed by atoms with Gasteiger partial charge in [0.25, 0.3) is 0 Å². The monoisotopic (exact) mass is 252 g/mol. The lowest BCUT2D eigenvalue weighted by Crippen LogP contribution is -2.35. The molecule has 2 heteroatoms. The highest BCUT2D eigenvalue weighted by Crippen LogP contribution is 2.18. The predicted molar refractivity (Wildman–Crippen MR) is 79.0 cm³/mol. The molecule has 1 aromatic carbocycles. The minimum absolute atomic E-state index is 0.615. The fraction of sp³-hybridized carbons (Fsp3) is 0.353. The Bertz CT molecular complexity index is 499. The number of pyridine rings is 1. The maximum Gasteiger partial charge on any atom is 0.0419 e. The molecule has 3 rings (SSSR count). The molecule has 0 aliphatic carbocycles. The number of hydrogen-bond donors (Lipinski definition) is 1. The highest BCUT2D eigenvalue weighted by molar-refractivity contribution is 5.62. The van der Waals surface area contributed by atoms with Crippen LogP contribution < -0.4 is 5.32 Å². The van der Waals surface area contributed by atoms with Crippen molar-refractivity contribution in [3.63, 3.8) is 0 Å². The molecule has 2 nitrogen and oxygen atoms in total. The van der Waals surface area contributed by atoms with Gasteiger partial charge in [0.15, 0.2) is 0 Å². The number of nitrogens with one attached hydrogen (secondary N) is 1.